The van der Waals surface area contributed by atoms with E-state index in [9.17, 15) is 13.2 Å². The van der Waals surface area contributed by atoms with Crippen molar-refractivity contribution in [3.05, 3.63) is 0 Å². The molecule has 2 saturated heterocycles. The van der Waals surface area contributed by atoms with E-state index in [1.807, 2.05) is 4.90 Å². The molecule has 2 aliphatic rings. The predicted octanol–water partition coefficient (Wildman–Crippen LogP) is 2.33. The maximum absolute atomic E-state index is 12.7. The standard InChI is InChI=1S/C17H27F3N6O/c1-27-16-22-14(25-8-4-2-3-5-9-25)21-15(23-16)26-10-6-7-24(11-12-26)13-17(18,19)20/h2-13H2,1H3. The maximum atomic E-state index is 12.7. The van der Waals surface area contributed by atoms with Gasteiger partial charge < -0.3 is 14.5 Å². The molecule has 1 aromatic rings. The van der Waals surface area contributed by atoms with Crippen LogP contribution in [0, 0.1) is 0 Å². The van der Waals surface area contributed by atoms with Crippen molar-refractivity contribution in [1.82, 2.24) is 19.9 Å². The second kappa shape index (κ2) is 8.90. The van der Waals surface area contributed by atoms with Crippen molar-refractivity contribution in [1.29, 1.82) is 0 Å². The Hall–Kier alpha value is -1.84. The highest BCUT2D eigenvalue weighted by molar-refractivity contribution is 5.40. The molecule has 3 heterocycles. The molecule has 0 aliphatic carbocycles. The van der Waals surface area contributed by atoms with E-state index in [1.54, 1.807) is 0 Å². The molecule has 1 aromatic heterocycles. The van der Waals surface area contributed by atoms with E-state index in [0.717, 1.165) is 25.9 Å². The number of ether oxygens (including phenoxy) is 1. The molecule has 0 bridgehead atoms. The number of alkyl halides is 3. The van der Waals surface area contributed by atoms with Gasteiger partial charge in [0.1, 0.15) is 0 Å². The van der Waals surface area contributed by atoms with Gasteiger partial charge in [0.25, 0.3) is 0 Å². The van der Waals surface area contributed by atoms with Crippen LogP contribution in [0.5, 0.6) is 6.01 Å². The summed E-state index contributed by atoms with van der Waals surface area (Å²) in [5.74, 6) is 1.07. The zero-order chi connectivity index (χ0) is 19.3. The molecule has 2 aliphatic heterocycles. The minimum Gasteiger partial charge on any atom is -0.467 e. The third-order valence-electron chi connectivity index (χ3n) is 4.94. The summed E-state index contributed by atoms with van der Waals surface area (Å²) in [7, 11) is 1.51. The minimum atomic E-state index is -4.18. The van der Waals surface area contributed by atoms with Crippen molar-refractivity contribution in [3.8, 4) is 6.01 Å². The van der Waals surface area contributed by atoms with E-state index in [2.05, 4.69) is 19.9 Å². The first-order valence-corrected chi connectivity index (χ1v) is 9.54. The Labute approximate surface area is 157 Å². The predicted molar refractivity (Wildman–Crippen MR) is 96.4 cm³/mol. The highest BCUT2D eigenvalue weighted by Crippen LogP contribution is 2.23. The summed E-state index contributed by atoms with van der Waals surface area (Å²) in [6.45, 7) is 2.71. The first-order valence-electron chi connectivity index (χ1n) is 9.54. The molecule has 0 radical (unpaired) electrons. The Kier molecular flexibility index (Phi) is 6.56. The van der Waals surface area contributed by atoms with Gasteiger partial charge in [-0.1, -0.05) is 12.8 Å². The monoisotopic (exact) mass is 388 g/mol. The van der Waals surface area contributed by atoms with Crippen LogP contribution in [0.4, 0.5) is 25.1 Å². The van der Waals surface area contributed by atoms with Crippen LogP contribution in [0.3, 0.4) is 0 Å². The third kappa shape index (κ3) is 5.82. The summed E-state index contributed by atoms with van der Waals surface area (Å²) in [6.07, 6.45) is 1.05. The molecular weight excluding hydrogens is 361 g/mol. The van der Waals surface area contributed by atoms with E-state index in [1.165, 1.54) is 24.9 Å². The van der Waals surface area contributed by atoms with Crippen LogP contribution in [-0.2, 0) is 0 Å². The van der Waals surface area contributed by atoms with Crippen LogP contribution in [0.2, 0.25) is 0 Å². The topological polar surface area (TPSA) is 57.6 Å². The second-order valence-corrected chi connectivity index (χ2v) is 7.06. The Bertz CT molecular complexity index is 607. The van der Waals surface area contributed by atoms with Gasteiger partial charge in [0.2, 0.25) is 11.9 Å². The van der Waals surface area contributed by atoms with Gasteiger partial charge in [-0.05, 0) is 19.3 Å². The summed E-state index contributed by atoms with van der Waals surface area (Å²) < 4.78 is 43.3. The number of methoxy groups -OCH3 is 1. The lowest BCUT2D eigenvalue weighted by Gasteiger charge is -2.25. The number of aromatic nitrogens is 3. The van der Waals surface area contributed by atoms with Crippen molar-refractivity contribution in [2.75, 3.05) is 62.7 Å². The molecule has 10 heteroatoms. The number of rotatable bonds is 4. The van der Waals surface area contributed by atoms with Crippen LogP contribution in [0.15, 0.2) is 0 Å². The lowest BCUT2D eigenvalue weighted by molar-refractivity contribution is -0.145. The Balaban J connectivity index is 1.74. The van der Waals surface area contributed by atoms with E-state index in [0.29, 0.717) is 44.5 Å². The summed E-state index contributed by atoms with van der Waals surface area (Å²) in [4.78, 5) is 18.9. The molecule has 0 N–H and O–H groups in total. The van der Waals surface area contributed by atoms with Gasteiger partial charge in [0, 0.05) is 39.3 Å². The molecule has 152 valence electrons. The molecule has 0 unspecified atom stereocenters. The lowest BCUT2D eigenvalue weighted by Crippen LogP contribution is -2.37. The first-order chi connectivity index (χ1) is 12.9. The molecule has 0 atom stereocenters. The maximum Gasteiger partial charge on any atom is 0.401 e. The molecule has 7 nitrogen and oxygen atoms in total. The SMILES string of the molecule is COc1nc(N2CCCCCC2)nc(N2CCCN(CC(F)(F)F)CC2)n1. The van der Waals surface area contributed by atoms with Gasteiger partial charge in [0.15, 0.2) is 0 Å². The average Bonchev–Trinajstić information content (AvgIpc) is 3.03. The smallest absolute Gasteiger partial charge is 0.401 e. The molecule has 3 rings (SSSR count). The van der Waals surface area contributed by atoms with Crippen LogP contribution in [-0.4, -0.2) is 79.0 Å². The fourth-order valence-electron chi connectivity index (χ4n) is 3.56. The van der Waals surface area contributed by atoms with Gasteiger partial charge in [0.05, 0.1) is 13.7 Å². The minimum absolute atomic E-state index is 0.246. The first kappa shape index (κ1) is 19.9. The van der Waals surface area contributed by atoms with Crippen LogP contribution in [0.1, 0.15) is 32.1 Å². The largest absolute Gasteiger partial charge is 0.467 e. The number of hydrogen-bond donors (Lipinski definition) is 0. The summed E-state index contributed by atoms with van der Waals surface area (Å²) in [5, 5.41) is 0. The molecule has 0 spiro atoms. The van der Waals surface area contributed by atoms with E-state index >= 15 is 0 Å². The fourth-order valence-corrected chi connectivity index (χ4v) is 3.56. The zero-order valence-electron chi connectivity index (χ0n) is 15.7. The van der Waals surface area contributed by atoms with E-state index in [-0.39, 0.29) is 6.01 Å². The molecule has 27 heavy (non-hydrogen) atoms. The molecule has 0 amide bonds. The van der Waals surface area contributed by atoms with Crippen molar-refractivity contribution in [2.45, 2.75) is 38.3 Å². The van der Waals surface area contributed by atoms with Gasteiger partial charge >= 0.3 is 12.2 Å². The molecule has 2 fully saturated rings. The van der Waals surface area contributed by atoms with Gasteiger partial charge in [-0.2, -0.15) is 28.1 Å². The second-order valence-electron chi connectivity index (χ2n) is 7.06. The Morgan fingerprint density at radius 2 is 1.37 bits per heavy atom. The number of nitrogens with zero attached hydrogens (tertiary/aromatic N) is 6. The van der Waals surface area contributed by atoms with Crippen molar-refractivity contribution >= 4 is 11.9 Å². The van der Waals surface area contributed by atoms with E-state index in [4.69, 9.17) is 4.74 Å². The fraction of sp³-hybridized carbons (Fsp3) is 0.824. The lowest BCUT2D eigenvalue weighted by atomic mass is 10.2. The van der Waals surface area contributed by atoms with Crippen molar-refractivity contribution in [3.63, 3.8) is 0 Å². The zero-order valence-corrected chi connectivity index (χ0v) is 15.7. The highest BCUT2D eigenvalue weighted by atomic mass is 19.4. The van der Waals surface area contributed by atoms with E-state index < -0.39 is 12.7 Å². The van der Waals surface area contributed by atoms with Gasteiger partial charge in [-0.3, -0.25) is 4.90 Å². The summed E-state index contributed by atoms with van der Waals surface area (Å²) >= 11 is 0. The summed E-state index contributed by atoms with van der Waals surface area (Å²) in [5.41, 5.74) is 0. The quantitative estimate of drug-likeness (QED) is 0.785. The molecular formula is C17H27F3N6O. The van der Waals surface area contributed by atoms with Crippen LogP contribution >= 0.6 is 0 Å². The highest BCUT2D eigenvalue weighted by Gasteiger charge is 2.31. The Morgan fingerprint density at radius 1 is 0.778 bits per heavy atom. The van der Waals surface area contributed by atoms with Crippen LogP contribution < -0.4 is 14.5 Å². The number of anilines is 2. The van der Waals surface area contributed by atoms with Gasteiger partial charge in [-0.25, -0.2) is 0 Å². The normalized spacial score (nSPS) is 20.3. The molecule has 0 saturated carbocycles. The third-order valence-corrected chi connectivity index (χ3v) is 4.94. The Morgan fingerprint density at radius 3 is 1.96 bits per heavy atom. The number of hydrogen-bond acceptors (Lipinski definition) is 7. The summed E-state index contributed by atoms with van der Waals surface area (Å²) in [6, 6.07) is 0.246. The van der Waals surface area contributed by atoms with Crippen LogP contribution in [0.25, 0.3) is 0 Å². The molecule has 0 aromatic carbocycles. The van der Waals surface area contributed by atoms with Crippen molar-refractivity contribution < 1.29 is 17.9 Å². The van der Waals surface area contributed by atoms with Gasteiger partial charge in [-0.15, -0.1) is 0 Å². The van der Waals surface area contributed by atoms with Crippen molar-refractivity contribution in [2.24, 2.45) is 0 Å². The number of halogens is 3. The average molecular weight is 388 g/mol.